The minimum Gasteiger partial charge on any atom is -0.393 e. The normalized spacial score (nSPS) is 15.3. The first-order valence-corrected chi connectivity index (χ1v) is 16.5. The van der Waals surface area contributed by atoms with Gasteiger partial charge in [0.2, 0.25) is 5.91 Å². The maximum absolute atomic E-state index is 12.9. The second kappa shape index (κ2) is 26.1. The highest BCUT2D eigenvalue weighted by atomic mass is 32.1. The van der Waals surface area contributed by atoms with E-state index in [-0.39, 0.29) is 49.1 Å². The number of thiocarbonyl (C=S) groups is 1. The molecule has 0 saturated heterocycles. The lowest BCUT2D eigenvalue weighted by atomic mass is 9.78. The summed E-state index contributed by atoms with van der Waals surface area (Å²) in [6.45, 7) is 5.99. The average molecular weight is 616 g/mol. The van der Waals surface area contributed by atoms with Crippen LogP contribution in [0.1, 0.15) is 103 Å². The predicted octanol–water partition coefficient (Wildman–Crippen LogP) is 4.79. The topological polar surface area (TPSA) is 120 Å². The number of carbonyl (C=O) groups excluding carboxylic acids is 3. The highest BCUT2D eigenvalue weighted by Crippen LogP contribution is 2.32. The molecule has 0 aliphatic heterocycles. The Morgan fingerprint density at radius 3 is 2.14 bits per heavy atom. The van der Waals surface area contributed by atoms with Crippen molar-refractivity contribution < 1.29 is 38.4 Å². The van der Waals surface area contributed by atoms with Gasteiger partial charge in [0.25, 0.3) is 0 Å². The zero-order chi connectivity index (χ0) is 30.8. The molecule has 0 aromatic carbocycles. The molecule has 1 aliphatic carbocycles. The van der Waals surface area contributed by atoms with Crippen LogP contribution in [0.3, 0.4) is 0 Å². The number of carbonyl (C=O) groups is 3. The van der Waals surface area contributed by atoms with Crippen molar-refractivity contribution in [1.29, 1.82) is 0 Å². The zero-order valence-corrected chi connectivity index (χ0v) is 27.0. The molecule has 42 heavy (non-hydrogen) atoms. The Balaban J connectivity index is 2.29. The summed E-state index contributed by atoms with van der Waals surface area (Å²) >= 11 is 5.33. The van der Waals surface area contributed by atoms with Crippen LogP contribution in [-0.4, -0.2) is 93.5 Å². The van der Waals surface area contributed by atoms with E-state index < -0.39 is 6.10 Å². The summed E-state index contributed by atoms with van der Waals surface area (Å²) in [5.41, 5.74) is 0. The van der Waals surface area contributed by atoms with E-state index >= 15 is 0 Å². The number of aliphatic hydroxyl groups is 1. The van der Waals surface area contributed by atoms with Crippen LogP contribution in [0.5, 0.6) is 0 Å². The van der Waals surface area contributed by atoms with E-state index in [0.29, 0.717) is 82.8 Å². The van der Waals surface area contributed by atoms with E-state index in [2.05, 4.69) is 12.2 Å². The van der Waals surface area contributed by atoms with Gasteiger partial charge in [-0.3, -0.25) is 14.4 Å². The summed E-state index contributed by atoms with van der Waals surface area (Å²) in [6, 6.07) is 0. The number of unbranched alkanes of at least 4 members (excludes halogenated alkanes) is 1. The fourth-order valence-electron chi connectivity index (χ4n) is 5.15. The zero-order valence-electron chi connectivity index (χ0n) is 26.2. The first-order chi connectivity index (χ1) is 20.3. The summed E-state index contributed by atoms with van der Waals surface area (Å²) in [4.78, 5) is 38.1. The molecule has 0 heterocycles. The molecule has 1 amide bonds. The highest BCUT2D eigenvalue weighted by Gasteiger charge is 2.27. The molecule has 2 N–H and O–H groups in total. The van der Waals surface area contributed by atoms with Gasteiger partial charge in [-0.1, -0.05) is 57.7 Å². The van der Waals surface area contributed by atoms with Gasteiger partial charge < -0.3 is 29.4 Å². The number of ether oxygens (including phenoxy) is 4. The van der Waals surface area contributed by atoms with Crippen LogP contribution in [0.4, 0.5) is 0 Å². The molecular formula is C32H57NO8S. The number of hydrogen-bond acceptors (Lipinski definition) is 9. The standard InChI is InChI=1S/C32H57NO8S/c1-3-4-16-33-32(37)15-14-31(36)27(23-26-8-6-5-7-9-26)24-29(35)11-10-28(34)12-13-30(42)25-41-22-21-40-20-19-39-18-17-38-2/h26-27,31,36H,3-25H2,1-2H3,(H,33,37). The lowest BCUT2D eigenvalue weighted by Gasteiger charge is -2.29. The molecule has 244 valence electrons. The largest absolute Gasteiger partial charge is 0.393 e. The third-order valence-electron chi connectivity index (χ3n) is 7.72. The van der Waals surface area contributed by atoms with E-state index in [0.717, 1.165) is 32.1 Å². The van der Waals surface area contributed by atoms with Crippen molar-refractivity contribution in [1.82, 2.24) is 5.32 Å². The summed E-state index contributed by atoms with van der Waals surface area (Å²) < 4.78 is 21.1. The number of aliphatic hydroxyl groups excluding tert-OH is 1. The molecule has 2 unspecified atom stereocenters. The van der Waals surface area contributed by atoms with Crippen LogP contribution >= 0.6 is 12.2 Å². The van der Waals surface area contributed by atoms with Crippen molar-refractivity contribution in [2.24, 2.45) is 11.8 Å². The summed E-state index contributed by atoms with van der Waals surface area (Å²) in [5, 5.41) is 13.9. The van der Waals surface area contributed by atoms with Gasteiger partial charge in [-0.05, 0) is 37.5 Å². The fraction of sp³-hybridized carbons (Fsp3) is 0.875. The number of hydrogen-bond donors (Lipinski definition) is 2. The van der Waals surface area contributed by atoms with Gasteiger partial charge in [-0.2, -0.15) is 0 Å². The number of ketones is 2. The van der Waals surface area contributed by atoms with E-state index in [1.165, 1.54) is 19.3 Å². The van der Waals surface area contributed by atoms with E-state index in [9.17, 15) is 19.5 Å². The van der Waals surface area contributed by atoms with E-state index in [1.807, 2.05) is 0 Å². The van der Waals surface area contributed by atoms with Gasteiger partial charge in [0.15, 0.2) is 0 Å². The summed E-state index contributed by atoms with van der Waals surface area (Å²) in [6.07, 6.45) is 9.98. The minimum absolute atomic E-state index is 0.00520. The van der Waals surface area contributed by atoms with Crippen molar-refractivity contribution in [3.63, 3.8) is 0 Å². The van der Waals surface area contributed by atoms with Crippen molar-refractivity contribution in [2.75, 3.05) is 59.9 Å². The molecule has 1 rings (SSSR count). The van der Waals surface area contributed by atoms with E-state index in [4.69, 9.17) is 31.2 Å². The molecule has 1 saturated carbocycles. The lowest BCUT2D eigenvalue weighted by molar-refractivity contribution is -0.125. The third kappa shape index (κ3) is 21.4. The number of methoxy groups -OCH3 is 1. The molecule has 0 aromatic heterocycles. The first-order valence-electron chi connectivity index (χ1n) is 16.1. The van der Waals surface area contributed by atoms with Crippen LogP contribution in [0, 0.1) is 11.8 Å². The monoisotopic (exact) mass is 615 g/mol. The van der Waals surface area contributed by atoms with Gasteiger partial charge in [0.1, 0.15) is 11.6 Å². The third-order valence-corrected chi connectivity index (χ3v) is 8.04. The molecule has 2 atom stereocenters. The van der Waals surface area contributed by atoms with Crippen LogP contribution in [-0.2, 0) is 33.3 Å². The quantitative estimate of drug-likeness (QED) is 0.0946. The molecule has 0 aromatic rings. The average Bonchev–Trinajstić information content (AvgIpc) is 2.99. The van der Waals surface area contributed by atoms with Crippen LogP contribution in [0.25, 0.3) is 0 Å². The van der Waals surface area contributed by atoms with Gasteiger partial charge in [0.05, 0.1) is 52.4 Å². The smallest absolute Gasteiger partial charge is 0.220 e. The molecular weight excluding hydrogens is 558 g/mol. The van der Waals surface area contributed by atoms with Crippen molar-refractivity contribution in [3.05, 3.63) is 0 Å². The Labute approximate surface area is 259 Å². The molecule has 1 aliphatic rings. The lowest BCUT2D eigenvalue weighted by Crippen LogP contribution is -2.30. The molecule has 10 heteroatoms. The second-order valence-corrected chi connectivity index (χ2v) is 12.0. The predicted molar refractivity (Wildman–Crippen MR) is 168 cm³/mol. The maximum atomic E-state index is 12.9. The molecule has 1 fully saturated rings. The summed E-state index contributed by atoms with van der Waals surface area (Å²) in [5.74, 6) is 0.311. The van der Waals surface area contributed by atoms with Crippen molar-refractivity contribution >= 4 is 34.6 Å². The first kappa shape index (κ1) is 38.7. The van der Waals surface area contributed by atoms with Crippen LogP contribution in [0.15, 0.2) is 0 Å². The number of nitrogens with one attached hydrogen (secondary N) is 1. The SMILES string of the molecule is CCCCNC(=O)CCC(O)C(CC(=O)CCC(=O)CCC(=S)COCCOCCOCCOC)CC1CCCCC1. The van der Waals surface area contributed by atoms with Crippen molar-refractivity contribution in [3.8, 4) is 0 Å². The fourth-order valence-corrected chi connectivity index (χ4v) is 5.34. The summed E-state index contributed by atoms with van der Waals surface area (Å²) in [7, 11) is 1.63. The number of rotatable bonds is 28. The van der Waals surface area contributed by atoms with Gasteiger partial charge in [0, 0.05) is 50.6 Å². The van der Waals surface area contributed by atoms with Crippen LogP contribution in [0.2, 0.25) is 0 Å². The minimum atomic E-state index is -0.694. The number of Topliss-reactive ketones (excluding diaryl/α,β-unsaturated/α-hetero) is 2. The highest BCUT2D eigenvalue weighted by molar-refractivity contribution is 7.80. The van der Waals surface area contributed by atoms with Gasteiger partial charge >= 0.3 is 0 Å². The van der Waals surface area contributed by atoms with Crippen molar-refractivity contribution in [2.45, 2.75) is 109 Å². The Morgan fingerprint density at radius 1 is 0.857 bits per heavy atom. The van der Waals surface area contributed by atoms with Gasteiger partial charge in [-0.25, -0.2) is 0 Å². The second-order valence-electron chi connectivity index (χ2n) is 11.4. The Morgan fingerprint density at radius 2 is 1.48 bits per heavy atom. The molecule has 0 bridgehead atoms. The maximum Gasteiger partial charge on any atom is 0.220 e. The van der Waals surface area contributed by atoms with Crippen LogP contribution < -0.4 is 5.32 Å². The van der Waals surface area contributed by atoms with E-state index in [1.54, 1.807) is 7.11 Å². The van der Waals surface area contributed by atoms with Gasteiger partial charge in [-0.15, -0.1) is 0 Å². The Hall–Kier alpha value is -1.30. The molecule has 0 spiro atoms. The molecule has 0 radical (unpaired) electrons. The molecule has 9 nitrogen and oxygen atoms in total. The Bertz CT molecular complexity index is 744. The Kier molecular flexibility index (Phi) is 24.1. The number of amides is 1.